The molecule has 1 N–H and O–H groups in total. The number of rotatable bonds is 4. The van der Waals surface area contributed by atoms with Crippen LogP contribution in [0.3, 0.4) is 0 Å². The summed E-state index contributed by atoms with van der Waals surface area (Å²) in [7, 11) is 1.94. The molecule has 0 bridgehead atoms. The second-order valence-corrected chi connectivity index (χ2v) is 8.24. The van der Waals surface area contributed by atoms with E-state index < -0.39 is 17.6 Å². The lowest BCUT2D eigenvalue weighted by Gasteiger charge is -2.28. The van der Waals surface area contributed by atoms with Gasteiger partial charge in [-0.15, -0.1) is 0 Å². The standard InChI is InChI=1S/C25H22F3N5O2/c1-32-9-8-20-21(32)23(33-10-12-35-13-11-33)31-22(30-20)16-4-3-7-19(15-16)29-24(34)17-5-2-6-18(14-17)25(26,27)28/h2-9,14-15H,10-13H2,1H3,(H,29,34). The molecule has 0 saturated carbocycles. The van der Waals surface area contributed by atoms with Gasteiger partial charge in [0.2, 0.25) is 0 Å². The number of hydrogen-bond acceptors (Lipinski definition) is 5. The van der Waals surface area contributed by atoms with Gasteiger partial charge in [-0.2, -0.15) is 13.2 Å². The number of fused-ring (bicyclic) bond motifs is 1. The number of morpholine rings is 1. The van der Waals surface area contributed by atoms with Gasteiger partial charge >= 0.3 is 6.18 Å². The van der Waals surface area contributed by atoms with E-state index in [-0.39, 0.29) is 5.56 Å². The minimum atomic E-state index is -4.53. The molecule has 0 radical (unpaired) electrons. The lowest BCUT2D eigenvalue weighted by Crippen LogP contribution is -2.37. The smallest absolute Gasteiger partial charge is 0.378 e. The summed E-state index contributed by atoms with van der Waals surface area (Å²) in [6, 6.07) is 13.2. The molecule has 0 aliphatic carbocycles. The highest BCUT2D eigenvalue weighted by Crippen LogP contribution is 2.31. The Morgan fingerprint density at radius 2 is 1.80 bits per heavy atom. The number of anilines is 2. The molecular weight excluding hydrogens is 459 g/mol. The number of aromatic nitrogens is 3. The first-order chi connectivity index (χ1) is 16.8. The van der Waals surface area contributed by atoms with E-state index in [1.54, 1.807) is 18.2 Å². The molecule has 5 rings (SSSR count). The van der Waals surface area contributed by atoms with Crippen molar-refractivity contribution in [2.24, 2.45) is 7.05 Å². The topological polar surface area (TPSA) is 72.3 Å². The quantitative estimate of drug-likeness (QED) is 0.456. The molecule has 1 aliphatic heterocycles. The highest BCUT2D eigenvalue weighted by molar-refractivity contribution is 6.04. The molecule has 0 spiro atoms. The van der Waals surface area contributed by atoms with Crippen molar-refractivity contribution in [3.63, 3.8) is 0 Å². The van der Waals surface area contributed by atoms with Crippen LogP contribution in [0.1, 0.15) is 15.9 Å². The van der Waals surface area contributed by atoms with Crippen LogP contribution in [0.25, 0.3) is 22.4 Å². The molecule has 10 heteroatoms. The molecule has 1 saturated heterocycles. The number of halogens is 3. The summed E-state index contributed by atoms with van der Waals surface area (Å²) in [5, 5.41) is 2.67. The predicted octanol–water partition coefficient (Wildman–Crippen LogP) is 4.74. The molecule has 1 fully saturated rings. The van der Waals surface area contributed by atoms with Crippen molar-refractivity contribution in [2.75, 3.05) is 36.5 Å². The molecule has 0 unspecified atom stereocenters. The number of amides is 1. The van der Waals surface area contributed by atoms with Crippen LogP contribution in [0, 0.1) is 0 Å². The monoisotopic (exact) mass is 481 g/mol. The molecule has 3 heterocycles. The molecule has 7 nitrogen and oxygen atoms in total. The Morgan fingerprint density at radius 3 is 2.57 bits per heavy atom. The van der Waals surface area contributed by atoms with Gasteiger partial charge in [0.25, 0.3) is 5.91 Å². The van der Waals surface area contributed by atoms with E-state index in [0.717, 1.165) is 29.0 Å². The van der Waals surface area contributed by atoms with Crippen LogP contribution >= 0.6 is 0 Å². The molecule has 2 aromatic carbocycles. The average molecular weight is 481 g/mol. The van der Waals surface area contributed by atoms with Gasteiger partial charge < -0.3 is 19.5 Å². The number of aryl methyl sites for hydroxylation is 1. The van der Waals surface area contributed by atoms with Crippen molar-refractivity contribution in [2.45, 2.75) is 6.18 Å². The number of carbonyl (C=O) groups is 1. The van der Waals surface area contributed by atoms with Crippen molar-refractivity contribution in [3.05, 3.63) is 71.9 Å². The zero-order valence-corrected chi connectivity index (χ0v) is 18.8. The maximum Gasteiger partial charge on any atom is 0.416 e. The summed E-state index contributed by atoms with van der Waals surface area (Å²) >= 11 is 0. The first-order valence-corrected chi connectivity index (χ1v) is 11.0. The Hall–Kier alpha value is -3.92. The van der Waals surface area contributed by atoms with Gasteiger partial charge in [-0.1, -0.05) is 18.2 Å². The first kappa shape index (κ1) is 22.9. The number of benzene rings is 2. The van der Waals surface area contributed by atoms with Gasteiger partial charge in [-0.3, -0.25) is 4.79 Å². The highest BCUT2D eigenvalue weighted by Gasteiger charge is 2.31. The van der Waals surface area contributed by atoms with E-state index in [1.165, 1.54) is 12.1 Å². The van der Waals surface area contributed by atoms with Crippen molar-refractivity contribution < 1.29 is 22.7 Å². The van der Waals surface area contributed by atoms with Gasteiger partial charge in [0.15, 0.2) is 11.6 Å². The summed E-state index contributed by atoms with van der Waals surface area (Å²) in [4.78, 5) is 24.4. The highest BCUT2D eigenvalue weighted by atomic mass is 19.4. The fourth-order valence-electron chi connectivity index (χ4n) is 4.07. The number of ether oxygens (including phenoxy) is 1. The normalized spacial score (nSPS) is 14.3. The molecular formula is C25H22F3N5O2. The first-order valence-electron chi connectivity index (χ1n) is 11.0. The maximum atomic E-state index is 13.0. The van der Waals surface area contributed by atoms with E-state index in [1.807, 2.05) is 29.9 Å². The van der Waals surface area contributed by atoms with Crippen molar-refractivity contribution in [1.82, 2.24) is 14.5 Å². The summed E-state index contributed by atoms with van der Waals surface area (Å²) in [6.45, 7) is 2.65. The Bertz CT molecular complexity index is 1390. The van der Waals surface area contributed by atoms with E-state index in [2.05, 4.69) is 10.2 Å². The average Bonchev–Trinajstić information content (AvgIpc) is 3.24. The number of carbonyl (C=O) groups excluding carboxylic acids is 1. The van der Waals surface area contributed by atoms with Gasteiger partial charge in [-0.25, -0.2) is 9.97 Å². The number of hydrogen-bond donors (Lipinski definition) is 1. The molecule has 180 valence electrons. The van der Waals surface area contributed by atoms with Gasteiger partial charge in [0.05, 0.1) is 24.3 Å². The summed E-state index contributed by atoms with van der Waals surface area (Å²) in [6.07, 6.45) is -2.60. The zero-order valence-electron chi connectivity index (χ0n) is 18.8. The number of nitrogens with one attached hydrogen (secondary N) is 1. The van der Waals surface area contributed by atoms with Crippen LogP contribution in [0.15, 0.2) is 60.8 Å². The summed E-state index contributed by atoms with van der Waals surface area (Å²) in [5.74, 6) is 0.654. The second-order valence-electron chi connectivity index (χ2n) is 8.24. The second kappa shape index (κ2) is 9.03. The fourth-order valence-corrected chi connectivity index (χ4v) is 4.07. The van der Waals surface area contributed by atoms with Gasteiger partial charge in [0.1, 0.15) is 5.52 Å². The molecule has 1 amide bonds. The van der Waals surface area contributed by atoms with Gasteiger partial charge in [0, 0.05) is 43.1 Å². The van der Waals surface area contributed by atoms with Crippen molar-refractivity contribution in [3.8, 4) is 11.4 Å². The van der Waals surface area contributed by atoms with Crippen LogP contribution in [-0.2, 0) is 18.0 Å². The summed E-state index contributed by atoms with van der Waals surface area (Å²) < 4.78 is 46.5. The molecule has 2 aromatic heterocycles. The number of alkyl halides is 3. The fraction of sp³-hybridized carbons (Fsp3) is 0.240. The minimum Gasteiger partial charge on any atom is -0.378 e. The molecule has 0 atom stereocenters. The Labute approximate surface area is 199 Å². The zero-order chi connectivity index (χ0) is 24.6. The lowest BCUT2D eigenvalue weighted by atomic mass is 10.1. The largest absolute Gasteiger partial charge is 0.416 e. The van der Waals surface area contributed by atoms with Crippen LogP contribution in [0.5, 0.6) is 0 Å². The van der Waals surface area contributed by atoms with Gasteiger partial charge in [-0.05, 0) is 36.4 Å². The minimum absolute atomic E-state index is 0.0817. The van der Waals surface area contributed by atoms with Crippen LogP contribution in [-0.4, -0.2) is 46.7 Å². The molecule has 1 aliphatic rings. The third-order valence-electron chi connectivity index (χ3n) is 5.84. The Balaban J connectivity index is 1.46. The lowest BCUT2D eigenvalue weighted by molar-refractivity contribution is -0.137. The van der Waals surface area contributed by atoms with Crippen LogP contribution in [0.2, 0.25) is 0 Å². The third-order valence-corrected chi connectivity index (χ3v) is 5.84. The van der Waals surface area contributed by atoms with E-state index in [9.17, 15) is 18.0 Å². The molecule has 35 heavy (non-hydrogen) atoms. The van der Waals surface area contributed by atoms with E-state index in [4.69, 9.17) is 14.7 Å². The van der Waals surface area contributed by atoms with Crippen LogP contribution < -0.4 is 10.2 Å². The Morgan fingerprint density at radius 1 is 1.03 bits per heavy atom. The molecule has 4 aromatic rings. The van der Waals surface area contributed by atoms with E-state index >= 15 is 0 Å². The third kappa shape index (κ3) is 4.69. The predicted molar refractivity (Wildman–Crippen MR) is 126 cm³/mol. The van der Waals surface area contributed by atoms with Crippen LogP contribution in [0.4, 0.5) is 24.7 Å². The summed E-state index contributed by atoms with van der Waals surface area (Å²) in [5.41, 5.74) is 1.85. The van der Waals surface area contributed by atoms with Crippen molar-refractivity contribution in [1.29, 1.82) is 0 Å². The Kier molecular flexibility index (Phi) is 5.89. The SMILES string of the molecule is Cn1ccc2nc(-c3cccc(NC(=O)c4cccc(C(F)(F)F)c4)c3)nc(N3CCOCC3)c21. The maximum absolute atomic E-state index is 13.0. The van der Waals surface area contributed by atoms with Crippen molar-refractivity contribution >= 4 is 28.4 Å². The van der Waals surface area contributed by atoms with E-state index in [0.29, 0.717) is 43.4 Å². The number of nitrogens with zero attached hydrogens (tertiary/aromatic N) is 4.